The van der Waals surface area contributed by atoms with Crippen LogP contribution in [0.15, 0.2) is 0 Å². The van der Waals surface area contributed by atoms with Gasteiger partial charge >= 0.3 is 0 Å². The van der Waals surface area contributed by atoms with E-state index in [4.69, 9.17) is 5.11 Å². The third kappa shape index (κ3) is 3.16. The highest BCUT2D eigenvalue weighted by atomic mass is 16.3. The van der Waals surface area contributed by atoms with Gasteiger partial charge in [-0.2, -0.15) is 0 Å². The number of rotatable bonds is 2. The van der Waals surface area contributed by atoms with Gasteiger partial charge in [0.05, 0.1) is 19.4 Å². The third-order valence-electron chi connectivity index (χ3n) is 1.68. The maximum absolute atomic E-state index is 9.10. The third-order valence-corrected chi connectivity index (χ3v) is 1.68. The summed E-state index contributed by atoms with van der Waals surface area (Å²) in [5.74, 6) is 0. The molecule has 4 nitrogen and oxygen atoms in total. The molecule has 1 aliphatic heterocycles. The molecule has 1 fully saturated rings. The van der Waals surface area contributed by atoms with E-state index in [0.717, 1.165) is 26.6 Å². The second kappa shape index (κ2) is 4.01. The fraction of sp³-hybridized carbons (Fsp3) is 1.00. The van der Waals surface area contributed by atoms with Gasteiger partial charge in [0, 0.05) is 13.2 Å². The van der Waals surface area contributed by atoms with Gasteiger partial charge in [-0.15, -0.1) is 0 Å². The number of hydrogen-bond acceptors (Lipinski definition) is 4. The summed E-state index contributed by atoms with van der Waals surface area (Å²) in [4.78, 5) is 4.35. The van der Waals surface area contributed by atoms with Gasteiger partial charge in [0.1, 0.15) is 0 Å². The molecule has 4 heteroatoms. The van der Waals surface area contributed by atoms with Crippen molar-refractivity contribution in [1.82, 2.24) is 15.1 Å². The number of nitrogens with one attached hydrogen (secondary N) is 1. The number of aliphatic hydroxyl groups excluding tert-OH is 1. The highest BCUT2D eigenvalue weighted by Crippen LogP contribution is 1.96. The number of aliphatic hydroxyl groups is 1. The van der Waals surface area contributed by atoms with Gasteiger partial charge in [0.2, 0.25) is 0 Å². The Labute approximate surface area is 67.8 Å². The van der Waals surface area contributed by atoms with Crippen molar-refractivity contribution in [1.29, 1.82) is 0 Å². The van der Waals surface area contributed by atoms with Crippen molar-refractivity contribution in [2.45, 2.75) is 13.0 Å². The second-order valence-electron chi connectivity index (χ2n) is 3.27. The van der Waals surface area contributed by atoms with Crippen molar-refractivity contribution in [2.75, 3.05) is 33.6 Å². The topological polar surface area (TPSA) is 38.7 Å². The molecule has 0 radical (unpaired) electrons. The summed E-state index contributed by atoms with van der Waals surface area (Å²) in [6.45, 7) is 5.33. The highest BCUT2D eigenvalue weighted by molar-refractivity contribution is 4.64. The minimum atomic E-state index is -0.233. The minimum Gasteiger partial charge on any atom is -0.392 e. The van der Waals surface area contributed by atoms with Crippen LogP contribution in [-0.4, -0.2) is 54.6 Å². The molecule has 1 heterocycles. The van der Waals surface area contributed by atoms with Crippen LogP contribution in [0.1, 0.15) is 6.92 Å². The van der Waals surface area contributed by atoms with Crippen LogP contribution in [0.2, 0.25) is 0 Å². The van der Waals surface area contributed by atoms with Gasteiger partial charge in [0.15, 0.2) is 0 Å². The standard InChI is InChI=1S/C7H17N3O/c1-7(11)3-10-5-8-4-9(2)6-10/h7-8,11H,3-6H2,1-2H3. The Bertz CT molecular complexity index is 116. The summed E-state index contributed by atoms with van der Waals surface area (Å²) in [6, 6.07) is 0. The Kier molecular flexibility index (Phi) is 3.26. The zero-order valence-electron chi connectivity index (χ0n) is 7.25. The average Bonchev–Trinajstić information content (AvgIpc) is 1.85. The lowest BCUT2D eigenvalue weighted by Gasteiger charge is -2.34. The van der Waals surface area contributed by atoms with E-state index in [9.17, 15) is 0 Å². The molecule has 2 N–H and O–H groups in total. The van der Waals surface area contributed by atoms with Crippen LogP contribution in [0.3, 0.4) is 0 Å². The molecule has 0 bridgehead atoms. The molecule has 1 unspecified atom stereocenters. The first-order valence-electron chi connectivity index (χ1n) is 3.98. The van der Waals surface area contributed by atoms with Gasteiger partial charge in [-0.25, -0.2) is 0 Å². The second-order valence-corrected chi connectivity index (χ2v) is 3.27. The molecule has 66 valence electrons. The molecule has 0 saturated carbocycles. The Hall–Kier alpha value is -0.160. The van der Waals surface area contributed by atoms with Crippen LogP contribution in [0.25, 0.3) is 0 Å². The van der Waals surface area contributed by atoms with Gasteiger partial charge in [-0.05, 0) is 14.0 Å². The largest absolute Gasteiger partial charge is 0.392 e. The van der Waals surface area contributed by atoms with Crippen LogP contribution in [0.4, 0.5) is 0 Å². The molecule has 1 aliphatic rings. The normalized spacial score (nSPS) is 25.4. The van der Waals surface area contributed by atoms with Crippen LogP contribution in [0.5, 0.6) is 0 Å². The molecule has 0 aliphatic carbocycles. The Morgan fingerprint density at radius 3 is 2.82 bits per heavy atom. The zero-order valence-corrected chi connectivity index (χ0v) is 7.25. The van der Waals surface area contributed by atoms with Crippen molar-refractivity contribution < 1.29 is 5.11 Å². The van der Waals surface area contributed by atoms with E-state index in [2.05, 4.69) is 22.2 Å². The van der Waals surface area contributed by atoms with Crippen LogP contribution in [0, 0.1) is 0 Å². The first kappa shape index (κ1) is 8.93. The summed E-state index contributed by atoms with van der Waals surface area (Å²) >= 11 is 0. The molecule has 0 amide bonds. The first-order valence-corrected chi connectivity index (χ1v) is 3.98. The molecule has 0 aromatic carbocycles. The summed E-state index contributed by atoms with van der Waals surface area (Å²) in [6.07, 6.45) is -0.233. The fourth-order valence-electron chi connectivity index (χ4n) is 1.34. The van der Waals surface area contributed by atoms with Gasteiger partial charge < -0.3 is 5.11 Å². The Balaban J connectivity index is 2.23. The van der Waals surface area contributed by atoms with Crippen LogP contribution in [-0.2, 0) is 0 Å². The molecule has 1 rings (SSSR count). The SMILES string of the molecule is CC(O)CN1CNCN(C)C1. The molecule has 11 heavy (non-hydrogen) atoms. The maximum atomic E-state index is 9.10. The molecule has 0 aromatic heterocycles. The van der Waals surface area contributed by atoms with E-state index in [0.29, 0.717) is 0 Å². The molecule has 0 aromatic rings. The van der Waals surface area contributed by atoms with E-state index < -0.39 is 0 Å². The Morgan fingerprint density at radius 2 is 2.27 bits per heavy atom. The average molecular weight is 159 g/mol. The minimum absolute atomic E-state index is 0.233. The predicted molar refractivity (Wildman–Crippen MR) is 43.9 cm³/mol. The lowest BCUT2D eigenvalue weighted by molar-refractivity contribution is 0.0458. The smallest absolute Gasteiger partial charge is 0.0640 e. The van der Waals surface area contributed by atoms with Gasteiger partial charge in [-0.1, -0.05) is 0 Å². The number of hydrogen-bond donors (Lipinski definition) is 2. The van der Waals surface area contributed by atoms with E-state index in [1.54, 1.807) is 0 Å². The maximum Gasteiger partial charge on any atom is 0.0640 e. The van der Waals surface area contributed by atoms with Crippen molar-refractivity contribution in [3.63, 3.8) is 0 Å². The summed E-state index contributed by atoms with van der Waals surface area (Å²) in [5.41, 5.74) is 0. The number of β-amino-alcohol motifs (C(OH)–C–C–N with tert-alkyl or cyclic N) is 1. The lowest BCUT2D eigenvalue weighted by Crippen LogP contribution is -2.52. The molecule has 1 atom stereocenters. The molecular weight excluding hydrogens is 142 g/mol. The molecule has 0 spiro atoms. The van der Waals surface area contributed by atoms with E-state index in [1.165, 1.54) is 0 Å². The zero-order chi connectivity index (χ0) is 8.27. The van der Waals surface area contributed by atoms with E-state index in [1.807, 2.05) is 6.92 Å². The number of nitrogens with zero attached hydrogens (tertiary/aromatic N) is 2. The van der Waals surface area contributed by atoms with E-state index >= 15 is 0 Å². The summed E-state index contributed by atoms with van der Waals surface area (Å²) < 4.78 is 0. The van der Waals surface area contributed by atoms with Crippen LogP contribution >= 0.6 is 0 Å². The van der Waals surface area contributed by atoms with Crippen molar-refractivity contribution in [3.05, 3.63) is 0 Å². The molecular formula is C7H17N3O. The predicted octanol–water partition coefficient (Wildman–Crippen LogP) is -0.923. The monoisotopic (exact) mass is 159 g/mol. The molecule has 1 saturated heterocycles. The quantitative estimate of drug-likeness (QED) is 0.546. The summed E-state index contributed by atoms with van der Waals surface area (Å²) in [5, 5.41) is 12.3. The van der Waals surface area contributed by atoms with Crippen molar-refractivity contribution in [3.8, 4) is 0 Å². The van der Waals surface area contributed by atoms with E-state index in [-0.39, 0.29) is 6.10 Å². The first-order chi connectivity index (χ1) is 5.18. The van der Waals surface area contributed by atoms with Gasteiger partial charge in [-0.3, -0.25) is 15.1 Å². The Morgan fingerprint density at radius 1 is 1.55 bits per heavy atom. The lowest BCUT2D eigenvalue weighted by atomic mass is 10.4. The van der Waals surface area contributed by atoms with Crippen molar-refractivity contribution >= 4 is 0 Å². The van der Waals surface area contributed by atoms with Crippen molar-refractivity contribution in [2.24, 2.45) is 0 Å². The fourth-order valence-corrected chi connectivity index (χ4v) is 1.34. The van der Waals surface area contributed by atoms with Gasteiger partial charge in [0.25, 0.3) is 0 Å². The van der Waals surface area contributed by atoms with Crippen LogP contribution < -0.4 is 5.32 Å². The highest BCUT2D eigenvalue weighted by Gasteiger charge is 2.14. The summed E-state index contributed by atoms with van der Waals surface area (Å²) in [7, 11) is 2.06.